The number of aliphatic carboxylic acids is 1. The van der Waals surface area contributed by atoms with Crippen LogP contribution in [0, 0.1) is 0 Å². The van der Waals surface area contributed by atoms with Gasteiger partial charge >= 0.3 is 12.0 Å². The minimum Gasteiger partial charge on any atom is -0.481 e. The second-order valence-electron chi connectivity index (χ2n) is 4.29. The number of rotatable bonds is 10. The van der Waals surface area contributed by atoms with Gasteiger partial charge in [-0.15, -0.1) is 0 Å². The van der Waals surface area contributed by atoms with Crippen LogP contribution in [0.5, 0.6) is 0 Å². The number of ether oxygens (including phenoxy) is 1. The Kier molecular flexibility index (Phi) is 10.0. The Morgan fingerprint density at radius 3 is 2.61 bits per heavy atom. The van der Waals surface area contributed by atoms with Crippen molar-refractivity contribution in [1.82, 2.24) is 10.6 Å². The van der Waals surface area contributed by atoms with Crippen LogP contribution in [0.25, 0.3) is 0 Å². The highest BCUT2D eigenvalue weighted by Crippen LogP contribution is 2.00. The normalized spacial score (nSPS) is 11.9. The van der Waals surface area contributed by atoms with Crippen molar-refractivity contribution in [2.75, 3.05) is 20.3 Å². The Bertz CT molecular complexity index is 246. The third-order valence-corrected chi connectivity index (χ3v) is 2.47. The summed E-state index contributed by atoms with van der Waals surface area (Å²) in [5, 5.41) is 14.0. The number of hydrogen-bond donors (Lipinski definition) is 3. The van der Waals surface area contributed by atoms with Crippen molar-refractivity contribution < 1.29 is 19.4 Å². The van der Waals surface area contributed by atoms with Gasteiger partial charge in [-0.1, -0.05) is 0 Å². The molecule has 0 fully saturated rings. The summed E-state index contributed by atoms with van der Waals surface area (Å²) in [5.74, 6) is -0.801. The molecule has 0 spiro atoms. The van der Waals surface area contributed by atoms with Crippen LogP contribution < -0.4 is 10.6 Å². The molecule has 2 amide bonds. The Morgan fingerprint density at radius 2 is 2.00 bits per heavy atom. The number of carboxylic acid groups (broad SMARTS) is 1. The molecule has 1 unspecified atom stereocenters. The number of methoxy groups -OCH3 is 1. The summed E-state index contributed by atoms with van der Waals surface area (Å²) in [7, 11) is 1.65. The molecule has 0 aromatic rings. The van der Waals surface area contributed by atoms with Crippen molar-refractivity contribution in [2.24, 2.45) is 0 Å². The molecule has 6 heteroatoms. The summed E-state index contributed by atoms with van der Waals surface area (Å²) in [6, 6.07) is -0.210. The topological polar surface area (TPSA) is 87.7 Å². The van der Waals surface area contributed by atoms with Gasteiger partial charge in [0.15, 0.2) is 0 Å². The first-order valence-corrected chi connectivity index (χ1v) is 6.31. The van der Waals surface area contributed by atoms with E-state index < -0.39 is 5.97 Å². The van der Waals surface area contributed by atoms with Crippen LogP contribution in [0.4, 0.5) is 4.79 Å². The summed E-state index contributed by atoms with van der Waals surface area (Å²) in [6.45, 7) is 3.19. The predicted octanol–water partition coefficient (Wildman–Crippen LogP) is 1.36. The second-order valence-corrected chi connectivity index (χ2v) is 4.29. The van der Waals surface area contributed by atoms with Gasteiger partial charge in [0.25, 0.3) is 0 Å². The minimum absolute atomic E-state index is 0.0108. The Balaban J connectivity index is 3.46. The number of urea groups is 1. The molecule has 0 bridgehead atoms. The lowest BCUT2D eigenvalue weighted by Gasteiger charge is -2.14. The van der Waals surface area contributed by atoms with Gasteiger partial charge < -0.3 is 20.5 Å². The Labute approximate surface area is 108 Å². The van der Waals surface area contributed by atoms with Gasteiger partial charge in [0.2, 0.25) is 0 Å². The molecular formula is C12H24N2O4. The van der Waals surface area contributed by atoms with Gasteiger partial charge in [-0.2, -0.15) is 0 Å². The van der Waals surface area contributed by atoms with Crippen LogP contribution in [0.3, 0.4) is 0 Å². The highest BCUT2D eigenvalue weighted by atomic mass is 16.5. The summed E-state index contributed by atoms with van der Waals surface area (Å²) in [4.78, 5) is 21.7. The monoisotopic (exact) mass is 260 g/mol. The summed E-state index contributed by atoms with van der Waals surface area (Å²) in [5.41, 5.74) is 0. The average Bonchev–Trinajstić information content (AvgIpc) is 2.28. The number of nitrogens with one attached hydrogen (secondary N) is 2. The summed E-state index contributed by atoms with van der Waals surface area (Å²) < 4.78 is 4.90. The molecule has 18 heavy (non-hydrogen) atoms. The standard InChI is InChI=1S/C12H24N2O4/c1-10(6-5-7-11(15)16)14-12(17)13-8-3-4-9-18-2/h10H,3-9H2,1-2H3,(H,15,16)(H2,13,14,17). The van der Waals surface area contributed by atoms with Crippen LogP contribution in [-0.2, 0) is 9.53 Å². The van der Waals surface area contributed by atoms with Gasteiger partial charge in [0, 0.05) is 32.7 Å². The van der Waals surface area contributed by atoms with Crippen LogP contribution in [0.15, 0.2) is 0 Å². The number of carbonyl (C=O) groups excluding carboxylic acids is 1. The molecule has 0 heterocycles. The number of amides is 2. The van der Waals surface area contributed by atoms with Gasteiger partial charge in [-0.05, 0) is 32.6 Å². The fourth-order valence-corrected chi connectivity index (χ4v) is 1.48. The van der Waals surface area contributed by atoms with Crippen molar-refractivity contribution >= 4 is 12.0 Å². The van der Waals surface area contributed by atoms with Crippen LogP contribution in [0.1, 0.15) is 39.0 Å². The molecule has 0 aliphatic carbocycles. The lowest BCUT2D eigenvalue weighted by Crippen LogP contribution is -2.41. The molecular weight excluding hydrogens is 236 g/mol. The zero-order chi connectivity index (χ0) is 13.8. The molecule has 0 rings (SSSR count). The largest absolute Gasteiger partial charge is 0.481 e. The maximum absolute atomic E-state index is 11.4. The minimum atomic E-state index is -0.801. The first kappa shape index (κ1) is 16.7. The number of carbonyl (C=O) groups is 2. The molecule has 0 aromatic heterocycles. The number of hydrogen-bond acceptors (Lipinski definition) is 3. The van der Waals surface area contributed by atoms with Crippen molar-refractivity contribution in [1.29, 1.82) is 0 Å². The average molecular weight is 260 g/mol. The summed E-state index contributed by atoms with van der Waals surface area (Å²) in [6.07, 6.45) is 3.19. The zero-order valence-electron chi connectivity index (χ0n) is 11.2. The van der Waals surface area contributed by atoms with E-state index in [9.17, 15) is 9.59 Å². The molecule has 0 radical (unpaired) electrons. The molecule has 0 aliphatic rings. The van der Waals surface area contributed by atoms with Crippen LogP contribution in [-0.4, -0.2) is 43.4 Å². The van der Waals surface area contributed by atoms with E-state index in [1.807, 2.05) is 6.92 Å². The molecule has 0 aromatic carbocycles. The first-order chi connectivity index (χ1) is 8.56. The van der Waals surface area contributed by atoms with Crippen LogP contribution in [0.2, 0.25) is 0 Å². The van der Waals surface area contributed by atoms with Gasteiger partial charge in [0.05, 0.1) is 0 Å². The van der Waals surface area contributed by atoms with E-state index in [1.165, 1.54) is 0 Å². The van der Waals surface area contributed by atoms with E-state index in [0.29, 0.717) is 26.0 Å². The number of unbranched alkanes of at least 4 members (excludes halogenated alkanes) is 1. The lowest BCUT2D eigenvalue weighted by molar-refractivity contribution is -0.137. The molecule has 0 saturated heterocycles. The Hall–Kier alpha value is -1.30. The molecule has 1 atom stereocenters. The highest BCUT2D eigenvalue weighted by Gasteiger charge is 2.07. The van der Waals surface area contributed by atoms with Crippen LogP contribution >= 0.6 is 0 Å². The van der Waals surface area contributed by atoms with E-state index in [4.69, 9.17) is 9.84 Å². The number of carboxylic acids is 1. The second kappa shape index (κ2) is 10.8. The third-order valence-electron chi connectivity index (χ3n) is 2.47. The van der Waals surface area contributed by atoms with E-state index in [1.54, 1.807) is 7.11 Å². The van der Waals surface area contributed by atoms with E-state index in [-0.39, 0.29) is 18.5 Å². The lowest BCUT2D eigenvalue weighted by atomic mass is 10.1. The molecule has 0 saturated carbocycles. The summed E-state index contributed by atoms with van der Waals surface area (Å²) >= 11 is 0. The fraction of sp³-hybridized carbons (Fsp3) is 0.833. The molecule has 3 N–H and O–H groups in total. The van der Waals surface area contributed by atoms with Crippen molar-refractivity contribution in [2.45, 2.75) is 45.1 Å². The molecule has 0 aliphatic heterocycles. The SMILES string of the molecule is COCCCCNC(=O)NC(C)CCCC(=O)O. The third kappa shape index (κ3) is 11.2. The van der Waals surface area contributed by atoms with Crippen molar-refractivity contribution in [3.63, 3.8) is 0 Å². The van der Waals surface area contributed by atoms with Crippen molar-refractivity contribution in [3.05, 3.63) is 0 Å². The van der Waals surface area contributed by atoms with Gasteiger partial charge in [-0.25, -0.2) is 4.79 Å². The fourth-order valence-electron chi connectivity index (χ4n) is 1.48. The van der Waals surface area contributed by atoms with E-state index >= 15 is 0 Å². The van der Waals surface area contributed by atoms with Crippen molar-refractivity contribution in [3.8, 4) is 0 Å². The Morgan fingerprint density at radius 1 is 1.28 bits per heavy atom. The van der Waals surface area contributed by atoms with Gasteiger partial charge in [0.1, 0.15) is 0 Å². The maximum atomic E-state index is 11.4. The first-order valence-electron chi connectivity index (χ1n) is 6.31. The smallest absolute Gasteiger partial charge is 0.314 e. The highest BCUT2D eigenvalue weighted by molar-refractivity contribution is 5.74. The van der Waals surface area contributed by atoms with Gasteiger partial charge in [-0.3, -0.25) is 4.79 Å². The van der Waals surface area contributed by atoms with E-state index in [2.05, 4.69) is 10.6 Å². The maximum Gasteiger partial charge on any atom is 0.314 e. The molecule has 6 nitrogen and oxygen atoms in total. The zero-order valence-corrected chi connectivity index (χ0v) is 11.2. The molecule has 106 valence electrons. The quantitative estimate of drug-likeness (QED) is 0.517. The van der Waals surface area contributed by atoms with E-state index in [0.717, 1.165) is 12.8 Å². The predicted molar refractivity (Wildman–Crippen MR) is 68.6 cm³/mol.